The summed E-state index contributed by atoms with van der Waals surface area (Å²) < 4.78 is 0. The largest absolute Gasteiger partial charge is 0.481 e. The average molecular weight is 136 g/mol. The van der Waals surface area contributed by atoms with Gasteiger partial charge in [0.25, 0.3) is 0 Å². The predicted octanol–water partition coefficient (Wildman–Crippen LogP) is 1.23. The summed E-state index contributed by atoms with van der Waals surface area (Å²) in [5.41, 5.74) is 0. The van der Waals surface area contributed by atoms with E-state index in [1.54, 1.807) is 6.92 Å². The summed E-state index contributed by atoms with van der Waals surface area (Å²) in [6.07, 6.45) is 0.718. The van der Waals surface area contributed by atoms with Crippen molar-refractivity contribution in [3.05, 3.63) is 0 Å². The van der Waals surface area contributed by atoms with E-state index in [4.69, 9.17) is 5.11 Å². The molecule has 0 bridgehead atoms. The van der Waals surface area contributed by atoms with Gasteiger partial charge in [-0.3, -0.25) is 4.79 Å². The van der Waals surface area contributed by atoms with E-state index >= 15 is 0 Å². The number of carboxylic acids is 1. The van der Waals surface area contributed by atoms with Gasteiger partial charge in [-0.1, -0.05) is 13.8 Å². The van der Waals surface area contributed by atoms with Gasteiger partial charge in [-0.15, -0.1) is 0 Å². The van der Waals surface area contributed by atoms with E-state index in [9.17, 15) is 4.79 Å². The van der Waals surface area contributed by atoms with Crippen molar-refractivity contribution in [3.8, 4) is 0 Å². The summed E-state index contributed by atoms with van der Waals surface area (Å²) in [6, 6.07) is 0. The highest BCUT2D eigenvalue weighted by atomic mass is 32.1. The summed E-state index contributed by atoms with van der Waals surface area (Å²) in [7, 11) is 0. The second-order valence-electron chi connectivity index (χ2n) is 1.65. The molecule has 0 aromatic carbocycles. The first kappa shape index (κ1) is 10.7. The van der Waals surface area contributed by atoms with Crippen LogP contribution in [-0.2, 0) is 4.79 Å². The predicted molar refractivity (Wildman–Crippen MR) is 37.5 cm³/mol. The smallest absolute Gasteiger partial charge is 0.306 e. The average Bonchev–Trinajstić information content (AvgIpc) is 1.65. The Hall–Kier alpha value is -0.180. The van der Waals surface area contributed by atoms with Crippen molar-refractivity contribution >= 4 is 19.5 Å². The van der Waals surface area contributed by atoms with Crippen molar-refractivity contribution in [1.82, 2.24) is 0 Å². The molecule has 1 N–H and O–H groups in total. The first-order valence-corrected chi connectivity index (χ1v) is 2.41. The number of rotatable bonds is 2. The van der Waals surface area contributed by atoms with Crippen molar-refractivity contribution in [3.63, 3.8) is 0 Å². The molecule has 3 heteroatoms. The third-order valence-corrected chi connectivity index (χ3v) is 1.03. The van der Waals surface area contributed by atoms with Gasteiger partial charge in [0.05, 0.1) is 5.92 Å². The third-order valence-electron chi connectivity index (χ3n) is 1.03. The van der Waals surface area contributed by atoms with Crippen LogP contribution in [0.2, 0.25) is 0 Å². The minimum absolute atomic E-state index is 0. The van der Waals surface area contributed by atoms with Gasteiger partial charge in [0.2, 0.25) is 0 Å². The van der Waals surface area contributed by atoms with Gasteiger partial charge in [0.1, 0.15) is 0 Å². The van der Waals surface area contributed by atoms with Crippen LogP contribution < -0.4 is 0 Å². The minimum atomic E-state index is -0.706. The van der Waals surface area contributed by atoms with Crippen LogP contribution in [0.3, 0.4) is 0 Å². The molecule has 0 aliphatic carbocycles. The first-order valence-electron chi connectivity index (χ1n) is 2.41. The molecule has 8 heavy (non-hydrogen) atoms. The Morgan fingerprint density at radius 3 is 2.12 bits per heavy atom. The van der Waals surface area contributed by atoms with Crippen molar-refractivity contribution in [2.45, 2.75) is 20.3 Å². The molecule has 0 aliphatic rings. The Kier molecular flexibility index (Phi) is 6.67. The molecule has 0 saturated heterocycles. The van der Waals surface area contributed by atoms with Crippen LogP contribution in [0.5, 0.6) is 0 Å². The van der Waals surface area contributed by atoms with E-state index in [0.717, 1.165) is 6.42 Å². The van der Waals surface area contributed by atoms with Crippen LogP contribution in [0.25, 0.3) is 0 Å². The van der Waals surface area contributed by atoms with E-state index < -0.39 is 5.97 Å². The Labute approximate surface area is 56.3 Å². The molecule has 0 radical (unpaired) electrons. The summed E-state index contributed by atoms with van der Waals surface area (Å²) in [6.45, 7) is 3.56. The van der Waals surface area contributed by atoms with Crippen molar-refractivity contribution in [2.75, 3.05) is 0 Å². The maximum atomic E-state index is 9.93. The monoisotopic (exact) mass is 136 g/mol. The standard InChI is InChI=1S/C5H10O2.H2S/c1-3-4(2)5(6)7;/h4H,3H2,1-2H3,(H,6,7);1H2/t4-;/m0./s1. The maximum Gasteiger partial charge on any atom is 0.306 e. The van der Waals surface area contributed by atoms with Gasteiger partial charge in [-0.2, -0.15) is 13.5 Å². The highest BCUT2D eigenvalue weighted by Crippen LogP contribution is 1.97. The number of hydrogen-bond donors (Lipinski definition) is 1. The van der Waals surface area contributed by atoms with Gasteiger partial charge in [-0.05, 0) is 6.42 Å². The number of aliphatic carboxylic acids is 1. The summed E-state index contributed by atoms with van der Waals surface area (Å²) in [5.74, 6) is -0.887. The van der Waals surface area contributed by atoms with Crippen LogP contribution in [-0.4, -0.2) is 11.1 Å². The Morgan fingerprint density at radius 2 is 2.12 bits per heavy atom. The van der Waals surface area contributed by atoms with E-state index in [2.05, 4.69) is 0 Å². The molecule has 0 rings (SSSR count). The molecule has 0 heterocycles. The molecule has 50 valence electrons. The zero-order valence-electron chi connectivity index (χ0n) is 5.14. The second-order valence-corrected chi connectivity index (χ2v) is 1.65. The van der Waals surface area contributed by atoms with Crippen molar-refractivity contribution in [2.24, 2.45) is 5.92 Å². The molecule has 2 nitrogen and oxygen atoms in total. The quantitative estimate of drug-likeness (QED) is 0.620. The molecule has 0 saturated carbocycles. The molecule has 0 amide bonds. The fraction of sp³-hybridized carbons (Fsp3) is 0.800. The lowest BCUT2D eigenvalue weighted by molar-refractivity contribution is -0.141. The number of carboxylic acid groups (broad SMARTS) is 1. The fourth-order valence-electron chi connectivity index (χ4n) is 0.175. The molecule has 1 atom stereocenters. The van der Waals surface area contributed by atoms with E-state index in [-0.39, 0.29) is 19.4 Å². The zero-order chi connectivity index (χ0) is 5.86. The van der Waals surface area contributed by atoms with Crippen molar-refractivity contribution < 1.29 is 9.90 Å². The van der Waals surface area contributed by atoms with Gasteiger partial charge in [0.15, 0.2) is 0 Å². The lowest BCUT2D eigenvalue weighted by Crippen LogP contribution is -2.06. The number of hydrogen-bond acceptors (Lipinski definition) is 1. The summed E-state index contributed by atoms with van der Waals surface area (Å²) >= 11 is 0. The molecular formula is C5H12O2S. The minimum Gasteiger partial charge on any atom is -0.481 e. The molecule has 0 aromatic heterocycles. The molecule has 0 spiro atoms. The molecular weight excluding hydrogens is 124 g/mol. The van der Waals surface area contributed by atoms with Crippen LogP contribution in [0.1, 0.15) is 20.3 Å². The molecule has 0 fully saturated rings. The molecule has 0 aromatic rings. The topological polar surface area (TPSA) is 37.3 Å². The highest BCUT2D eigenvalue weighted by Gasteiger charge is 2.05. The highest BCUT2D eigenvalue weighted by molar-refractivity contribution is 7.59. The van der Waals surface area contributed by atoms with Gasteiger partial charge >= 0.3 is 5.97 Å². The lowest BCUT2D eigenvalue weighted by Gasteiger charge is -1.96. The van der Waals surface area contributed by atoms with Crippen LogP contribution in [0.4, 0.5) is 0 Å². The lowest BCUT2D eigenvalue weighted by atomic mass is 10.1. The summed E-state index contributed by atoms with van der Waals surface area (Å²) in [4.78, 5) is 9.93. The van der Waals surface area contributed by atoms with Crippen molar-refractivity contribution in [1.29, 1.82) is 0 Å². The normalized spacial score (nSPS) is 11.8. The Bertz CT molecular complexity index is 72.8. The Morgan fingerprint density at radius 1 is 1.75 bits per heavy atom. The molecule has 0 unspecified atom stereocenters. The zero-order valence-corrected chi connectivity index (χ0v) is 6.14. The van der Waals surface area contributed by atoms with Gasteiger partial charge < -0.3 is 5.11 Å². The van der Waals surface area contributed by atoms with Gasteiger partial charge in [0, 0.05) is 0 Å². The SMILES string of the molecule is CC[C@H](C)C(=O)O.S. The fourth-order valence-corrected chi connectivity index (χ4v) is 0.175. The van der Waals surface area contributed by atoms with E-state index in [1.807, 2.05) is 6.92 Å². The maximum absolute atomic E-state index is 9.93. The van der Waals surface area contributed by atoms with E-state index in [1.165, 1.54) is 0 Å². The van der Waals surface area contributed by atoms with Crippen LogP contribution in [0, 0.1) is 5.92 Å². The Balaban J connectivity index is 0. The van der Waals surface area contributed by atoms with E-state index in [0.29, 0.717) is 0 Å². The summed E-state index contributed by atoms with van der Waals surface area (Å²) in [5, 5.41) is 8.18. The molecule has 0 aliphatic heterocycles. The second kappa shape index (κ2) is 4.97. The van der Waals surface area contributed by atoms with Crippen LogP contribution in [0.15, 0.2) is 0 Å². The first-order chi connectivity index (χ1) is 3.18. The van der Waals surface area contributed by atoms with Gasteiger partial charge in [-0.25, -0.2) is 0 Å². The number of carbonyl (C=O) groups is 1. The van der Waals surface area contributed by atoms with Crippen LogP contribution >= 0.6 is 13.5 Å². The third kappa shape index (κ3) is 3.99.